The zero-order valence-corrected chi connectivity index (χ0v) is 14.1. The average Bonchev–Trinajstić information content (AvgIpc) is 2.57. The predicted molar refractivity (Wildman–Crippen MR) is 94.3 cm³/mol. The van der Waals surface area contributed by atoms with Gasteiger partial charge >= 0.3 is 0 Å². The van der Waals surface area contributed by atoms with E-state index in [0.29, 0.717) is 5.69 Å². The van der Waals surface area contributed by atoms with E-state index in [4.69, 9.17) is 0 Å². The standard InChI is InChI=1S/C17H23N5O/c1-5-22(6-2)16-12-18-15(11-19-16)17(23)20-13-7-9-14(10-8-13)21(3)4/h7-12H,5-6H2,1-4H3,(H,20,23). The van der Waals surface area contributed by atoms with Gasteiger partial charge in [-0.05, 0) is 38.1 Å². The van der Waals surface area contributed by atoms with Gasteiger partial charge in [0.05, 0.1) is 12.4 Å². The lowest BCUT2D eigenvalue weighted by molar-refractivity contribution is 0.102. The van der Waals surface area contributed by atoms with Crippen LogP contribution in [0.1, 0.15) is 24.3 Å². The lowest BCUT2D eigenvalue weighted by Crippen LogP contribution is -2.23. The summed E-state index contributed by atoms with van der Waals surface area (Å²) in [4.78, 5) is 24.8. The van der Waals surface area contributed by atoms with Gasteiger partial charge in [0, 0.05) is 38.6 Å². The maximum Gasteiger partial charge on any atom is 0.275 e. The second-order valence-corrected chi connectivity index (χ2v) is 5.33. The van der Waals surface area contributed by atoms with E-state index in [9.17, 15) is 4.79 Å². The summed E-state index contributed by atoms with van der Waals surface area (Å²) in [5.41, 5.74) is 2.11. The van der Waals surface area contributed by atoms with Gasteiger partial charge in [0.2, 0.25) is 0 Å². The van der Waals surface area contributed by atoms with Crippen LogP contribution in [0.15, 0.2) is 36.7 Å². The maximum atomic E-state index is 12.2. The quantitative estimate of drug-likeness (QED) is 0.888. The Labute approximate surface area is 137 Å². The second-order valence-electron chi connectivity index (χ2n) is 5.33. The van der Waals surface area contributed by atoms with Crippen LogP contribution in [0.5, 0.6) is 0 Å². The molecule has 0 aliphatic rings. The van der Waals surface area contributed by atoms with Gasteiger partial charge in [-0.3, -0.25) is 4.79 Å². The van der Waals surface area contributed by atoms with Crippen LogP contribution in [-0.2, 0) is 0 Å². The molecule has 1 N–H and O–H groups in total. The molecular formula is C17H23N5O. The first-order chi connectivity index (χ1) is 11.0. The van der Waals surface area contributed by atoms with Crippen molar-refractivity contribution in [3.05, 3.63) is 42.4 Å². The van der Waals surface area contributed by atoms with Gasteiger partial charge in [-0.1, -0.05) is 0 Å². The van der Waals surface area contributed by atoms with E-state index >= 15 is 0 Å². The highest BCUT2D eigenvalue weighted by atomic mass is 16.1. The van der Waals surface area contributed by atoms with E-state index in [-0.39, 0.29) is 5.91 Å². The normalized spacial score (nSPS) is 10.3. The number of hydrogen-bond donors (Lipinski definition) is 1. The Bertz CT molecular complexity index is 633. The Kier molecular flexibility index (Phi) is 5.51. The summed E-state index contributed by atoms with van der Waals surface area (Å²) in [6.07, 6.45) is 3.15. The molecule has 0 fully saturated rings. The first-order valence-corrected chi connectivity index (χ1v) is 7.70. The molecule has 2 aromatic rings. The van der Waals surface area contributed by atoms with Gasteiger partial charge in [0.25, 0.3) is 5.91 Å². The molecule has 1 aromatic carbocycles. The molecule has 0 saturated heterocycles. The van der Waals surface area contributed by atoms with Crippen molar-refractivity contribution in [2.24, 2.45) is 0 Å². The third-order valence-electron chi connectivity index (χ3n) is 3.60. The summed E-state index contributed by atoms with van der Waals surface area (Å²) in [5, 5.41) is 2.83. The Morgan fingerprint density at radius 3 is 2.17 bits per heavy atom. The van der Waals surface area contributed by atoms with Crippen molar-refractivity contribution in [3.63, 3.8) is 0 Å². The SMILES string of the molecule is CCN(CC)c1cnc(C(=O)Nc2ccc(N(C)C)cc2)cn1. The van der Waals surface area contributed by atoms with E-state index in [1.165, 1.54) is 6.20 Å². The molecule has 2 rings (SSSR count). The third kappa shape index (κ3) is 4.18. The number of hydrogen-bond acceptors (Lipinski definition) is 5. The lowest BCUT2D eigenvalue weighted by atomic mass is 10.2. The fourth-order valence-corrected chi connectivity index (χ4v) is 2.19. The van der Waals surface area contributed by atoms with Crippen molar-refractivity contribution in [2.45, 2.75) is 13.8 Å². The first kappa shape index (κ1) is 16.7. The Morgan fingerprint density at radius 2 is 1.70 bits per heavy atom. The topological polar surface area (TPSA) is 61.4 Å². The minimum atomic E-state index is -0.263. The van der Waals surface area contributed by atoms with E-state index in [1.807, 2.05) is 43.3 Å². The highest BCUT2D eigenvalue weighted by Gasteiger charge is 2.10. The van der Waals surface area contributed by atoms with Gasteiger partial charge in [0.1, 0.15) is 11.5 Å². The van der Waals surface area contributed by atoms with E-state index in [1.54, 1.807) is 6.20 Å². The van der Waals surface area contributed by atoms with Crippen LogP contribution in [0, 0.1) is 0 Å². The van der Waals surface area contributed by atoms with Crippen LogP contribution < -0.4 is 15.1 Å². The summed E-state index contributed by atoms with van der Waals surface area (Å²) in [6.45, 7) is 5.83. The number of nitrogens with zero attached hydrogens (tertiary/aromatic N) is 4. The van der Waals surface area contributed by atoms with Crippen LogP contribution in [-0.4, -0.2) is 43.1 Å². The molecule has 0 saturated carbocycles. The van der Waals surface area contributed by atoms with Crippen LogP contribution in [0.3, 0.4) is 0 Å². The van der Waals surface area contributed by atoms with Crippen LogP contribution >= 0.6 is 0 Å². The molecule has 0 spiro atoms. The highest BCUT2D eigenvalue weighted by molar-refractivity contribution is 6.02. The number of nitrogens with one attached hydrogen (secondary N) is 1. The zero-order valence-electron chi connectivity index (χ0n) is 14.1. The number of aromatic nitrogens is 2. The van der Waals surface area contributed by atoms with E-state index in [0.717, 1.165) is 30.3 Å². The third-order valence-corrected chi connectivity index (χ3v) is 3.60. The van der Waals surface area contributed by atoms with Crippen LogP contribution in [0.25, 0.3) is 0 Å². The van der Waals surface area contributed by atoms with E-state index < -0.39 is 0 Å². The fourth-order valence-electron chi connectivity index (χ4n) is 2.19. The van der Waals surface area contributed by atoms with Crippen LogP contribution in [0.2, 0.25) is 0 Å². The Morgan fingerprint density at radius 1 is 1.04 bits per heavy atom. The minimum absolute atomic E-state index is 0.263. The number of carbonyl (C=O) groups is 1. The Hall–Kier alpha value is -2.63. The average molecular weight is 313 g/mol. The number of anilines is 3. The van der Waals surface area contributed by atoms with E-state index in [2.05, 4.69) is 34.0 Å². The molecule has 1 heterocycles. The number of benzene rings is 1. The maximum absolute atomic E-state index is 12.2. The second kappa shape index (κ2) is 7.58. The largest absolute Gasteiger partial charge is 0.378 e. The molecule has 1 amide bonds. The summed E-state index contributed by atoms with van der Waals surface area (Å²) >= 11 is 0. The molecular weight excluding hydrogens is 290 g/mol. The molecule has 0 aliphatic carbocycles. The zero-order chi connectivity index (χ0) is 16.8. The van der Waals surface area contributed by atoms with Crippen molar-refractivity contribution in [3.8, 4) is 0 Å². The number of amides is 1. The number of carbonyl (C=O) groups excluding carboxylic acids is 1. The lowest BCUT2D eigenvalue weighted by Gasteiger charge is -2.19. The van der Waals surface area contributed by atoms with Crippen molar-refractivity contribution in [1.29, 1.82) is 0 Å². The molecule has 23 heavy (non-hydrogen) atoms. The molecule has 0 unspecified atom stereocenters. The Balaban J connectivity index is 2.05. The van der Waals surface area contributed by atoms with Crippen molar-refractivity contribution in [2.75, 3.05) is 42.3 Å². The fraction of sp³-hybridized carbons (Fsp3) is 0.353. The van der Waals surface area contributed by atoms with Gasteiger partial charge in [0.15, 0.2) is 0 Å². The summed E-state index contributed by atoms with van der Waals surface area (Å²) in [6, 6.07) is 7.63. The summed E-state index contributed by atoms with van der Waals surface area (Å²) < 4.78 is 0. The molecule has 122 valence electrons. The molecule has 6 nitrogen and oxygen atoms in total. The predicted octanol–water partition coefficient (Wildman–Crippen LogP) is 2.64. The van der Waals surface area contributed by atoms with Gasteiger partial charge in [-0.25, -0.2) is 9.97 Å². The van der Waals surface area contributed by atoms with Gasteiger partial charge in [-0.15, -0.1) is 0 Å². The van der Waals surface area contributed by atoms with Gasteiger partial charge < -0.3 is 15.1 Å². The summed E-state index contributed by atoms with van der Waals surface area (Å²) in [5.74, 6) is 0.517. The minimum Gasteiger partial charge on any atom is -0.378 e. The van der Waals surface area contributed by atoms with Crippen molar-refractivity contribution >= 4 is 23.1 Å². The smallest absolute Gasteiger partial charge is 0.275 e. The molecule has 0 aliphatic heterocycles. The molecule has 6 heteroatoms. The van der Waals surface area contributed by atoms with Crippen molar-refractivity contribution < 1.29 is 4.79 Å². The molecule has 0 bridgehead atoms. The highest BCUT2D eigenvalue weighted by Crippen LogP contribution is 2.16. The van der Waals surface area contributed by atoms with Crippen LogP contribution in [0.4, 0.5) is 17.2 Å². The molecule has 1 aromatic heterocycles. The number of rotatable bonds is 6. The monoisotopic (exact) mass is 313 g/mol. The summed E-state index contributed by atoms with van der Waals surface area (Å²) in [7, 11) is 3.95. The van der Waals surface area contributed by atoms with Gasteiger partial charge in [-0.2, -0.15) is 0 Å². The first-order valence-electron chi connectivity index (χ1n) is 7.70. The van der Waals surface area contributed by atoms with Crippen molar-refractivity contribution in [1.82, 2.24) is 9.97 Å². The molecule has 0 radical (unpaired) electrons. The molecule has 0 atom stereocenters.